The third kappa shape index (κ3) is 4.32. The molecule has 1 aromatic heterocycles. The fourth-order valence-corrected chi connectivity index (χ4v) is 4.19. The van der Waals surface area contributed by atoms with Crippen molar-refractivity contribution in [1.82, 2.24) is 4.98 Å². The Morgan fingerprint density at radius 1 is 1.19 bits per heavy atom. The molecule has 7 nitrogen and oxygen atoms in total. The van der Waals surface area contributed by atoms with E-state index < -0.39 is 17.7 Å². The first-order chi connectivity index (χ1) is 15.2. The van der Waals surface area contributed by atoms with E-state index in [1.165, 1.54) is 12.1 Å². The van der Waals surface area contributed by atoms with Crippen LogP contribution >= 0.6 is 0 Å². The minimum absolute atomic E-state index is 0.0120. The Morgan fingerprint density at radius 2 is 1.88 bits per heavy atom. The maximum atomic E-state index is 12.8. The van der Waals surface area contributed by atoms with Crippen molar-refractivity contribution >= 4 is 6.41 Å². The van der Waals surface area contributed by atoms with Gasteiger partial charge < -0.3 is 13.9 Å². The number of aromatic nitrogens is 1. The highest BCUT2D eigenvalue weighted by atomic mass is 19.4. The van der Waals surface area contributed by atoms with Crippen LogP contribution in [0.2, 0.25) is 0 Å². The Hall–Kier alpha value is -2.27. The van der Waals surface area contributed by atoms with Crippen LogP contribution in [-0.4, -0.2) is 60.8 Å². The van der Waals surface area contributed by atoms with Gasteiger partial charge in [-0.25, -0.2) is 14.3 Å². The number of halogens is 3. The van der Waals surface area contributed by atoms with Gasteiger partial charge in [-0.1, -0.05) is 0 Å². The highest BCUT2D eigenvalue weighted by Crippen LogP contribution is 2.35. The molecule has 0 aliphatic carbocycles. The minimum atomic E-state index is -4.40. The lowest BCUT2D eigenvalue weighted by molar-refractivity contribution is -0.964. The summed E-state index contributed by atoms with van der Waals surface area (Å²) in [5, 5.41) is 0. The van der Waals surface area contributed by atoms with Crippen LogP contribution in [-0.2, 0) is 31.6 Å². The molecule has 10 heteroatoms. The molecule has 3 heterocycles. The molecule has 2 unspecified atom stereocenters. The summed E-state index contributed by atoms with van der Waals surface area (Å²) in [4.78, 5) is 16.5. The van der Waals surface area contributed by atoms with Crippen LogP contribution in [0.5, 0.6) is 0 Å². The van der Waals surface area contributed by atoms with Crippen molar-refractivity contribution in [2.45, 2.75) is 44.9 Å². The molecule has 0 bridgehead atoms. The van der Waals surface area contributed by atoms with Gasteiger partial charge in [0.25, 0.3) is 0 Å². The van der Waals surface area contributed by atoms with Gasteiger partial charge in [-0.05, 0) is 37.6 Å². The van der Waals surface area contributed by atoms with Crippen molar-refractivity contribution in [3.05, 3.63) is 41.3 Å². The van der Waals surface area contributed by atoms with E-state index in [9.17, 15) is 18.0 Å². The minimum Gasteiger partial charge on any atom is -0.441 e. The van der Waals surface area contributed by atoms with Gasteiger partial charge in [-0.15, -0.1) is 0 Å². The molecule has 0 spiro atoms. The van der Waals surface area contributed by atoms with Crippen LogP contribution in [0.15, 0.2) is 28.7 Å². The van der Waals surface area contributed by atoms with Gasteiger partial charge in [0.05, 0.1) is 37.2 Å². The SMILES string of the molecule is Cc1oc(-c2ccc(C(F)(F)F)cc2)nc1CC1CCOC(C)([N+]2(C=O)CCOCC2)O1. The van der Waals surface area contributed by atoms with Crippen molar-refractivity contribution in [3.63, 3.8) is 0 Å². The number of nitrogens with zero attached hydrogens (tertiary/aromatic N) is 2. The molecule has 2 saturated heterocycles. The van der Waals surface area contributed by atoms with Crippen LogP contribution in [0.3, 0.4) is 0 Å². The van der Waals surface area contributed by atoms with E-state index >= 15 is 0 Å². The number of rotatable bonds is 5. The quantitative estimate of drug-likeness (QED) is 0.506. The van der Waals surface area contributed by atoms with Gasteiger partial charge in [-0.3, -0.25) is 4.74 Å². The summed E-state index contributed by atoms with van der Waals surface area (Å²) in [6, 6.07) is 4.70. The van der Waals surface area contributed by atoms with Gasteiger partial charge in [-0.2, -0.15) is 13.2 Å². The standard InChI is InChI=1S/C22H26F3N2O5/c1-15-19(26-20(31-15)16-3-5-17(6-4-16)22(23,24)25)13-18-7-10-30-21(2,32-18)27(14-28)8-11-29-12-9-27/h3-6,14,18H,7-13H2,1-2H3/q+1. The average molecular weight is 455 g/mol. The molecule has 2 atom stereocenters. The van der Waals surface area contributed by atoms with Gasteiger partial charge in [0.1, 0.15) is 18.8 Å². The largest absolute Gasteiger partial charge is 0.441 e. The number of oxazole rings is 1. The molecule has 0 radical (unpaired) electrons. The molecule has 174 valence electrons. The van der Waals surface area contributed by atoms with Crippen molar-refractivity contribution < 1.29 is 41.1 Å². The van der Waals surface area contributed by atoms with E-state index in [4.69, 9.17) is 18.6 Å². The molecule has 0 saturated carbocycles. The van der Waals surface area contributed by atoms with Gasteiger partial charge in [0.15, 0.2) is 0 Å². The van der Waals surface area contributed by atoms with E-state index in [-0.39, 0.29) is 16.5 Å². The fourth-order valence-electron chi connectivity index (χ4n) is 4.19. The molecule has 2 aromatic rings. The third-order valence-corrected chi connectivity index (χ3v) is 6.25. The molecule has 1 amide bonds. The third-order valence-electron chi connectivity index (χ3n) is 6.25. The highest BCUT2D eigenvalue weighted by Gasteiger charge is 2.54. The maximum absolute atomic E-state index is 12.8. The van der Waals surface area contributed by atoms with Gasteiger partial charge >= 0.3 is 18.5 Å². The number of morpholine rings is 1. The number of hydrogen-bond donors (Lipinski definition) is 0. The Balaban J connectivity index is 1.50. The Morgan fingerprint density at radius 3 is 2.50 bits per heavy atom. The summed E-state index contributed by atoms with van der Waals surface area (Å²) >= 11 is 0. The fraction of sp³-hybridized carbons (Fsp3) is 0.545. The summed E-state index contributed by atoms with van der Waals surface area (Å²) in [7, 11) is 0. The van der Waals surface area contributed by atoms with Crippen LogP contribution < -0.4 is 0 Å². The number of hydrogen-bond acceptors (Lipinski definition) is 6. The van der Waals surface area contributed by atoms with Crippen LogP contribution in [0.1, 0.15) is 30.4 Å². The smallest absolute Gasteiger partial charge is 0.416 e. The lowest BCUT2D eigenvalue weighted by atomic mass is 10.1. The van der Waals surface area contributed by atoms with E-state index in [1.54, 1.807) is 13.8 Å². The molecule has 32 heavy (non-hydrogen) atoms. The Bertz CT molecular complexity index is 953. The van der Waals surface area contributed by atoms with E-state index in [0.717, 1.165) is 18.5 Å². The van der Waals surface area contributed by atoms with Crippen molar-refractivity contribution in [2.24, 2.45) is 0 Å². The number of carbonyl (C=O) groups excluding carboxylic acids is 1. The van der Waals surface area contributed by atoms with Crippen LogP contribution in [0.4, 0.5) is 13.2 Å². The van der Waals surface area contributed by atoms with E-state index in [0.29, 0.717) is 62.8 Å². The molecule has 0 N–H and O–H groups in total. The molecule has 2 aliphatic rings. The normalized spacial score (nSPS) is 26.1. The first-order valence-electron chi connectivity index (χ1n) is 10.5. The van der Waals surface area contributed by atoms with Crippen molar-refractivity contribution in [1.29, 1.82) is 0 Å². The van der Waals surface area contributed by atoms with Gasteiger partial charge in [0.2, 0.25) is 5.89 Å². The average Bonchev–Trinajstić information content (AvgIpc) is 3.14. The second kappa shape index (κ2) is 8.58. The van der Waals surface area contributed by atoms with Crippen LogP contribution in [0.25, 0.3) is 11.5 Å². The summed E-state index contributed by atoms with van der Waals surface area (Å²) < 4.78 is 61.8. The predicted molar refractivity (Wildman–Crippen MR) is 106 cm³/mol. The number of aryl methyl sites for hydroxylation is 1. The molecule has 2 fully saturated rings. The summed E-state index contributed by atoms with van der Waals surface area (Å²) in [5.41, 5.74) is 0.396. The van der Waals surface area contributed by atoms with E-state index in [1.807, 2.05) is 0 Å². The number of amides is 1. The lowest BCUT2D eigenvalue weighted by Crippen LogP contribution is -2.70. The van der Waals surface area contributed by atoms with Crippen LogP contribution in [0, 0.1) is 6.92 Å². The summed E-state index contributed by atoms with van der Waals surface area (Å²) in [5.74, 6) is -0.296. The number of carbonyl (C=O) groups is 1. The second-order valence-electron chi connectivity index (χ2n) is 8.27. The lowest BCUT2D eigenvalue weighted by Gasteiger charge is -2.49. The van der Waals surface area contributed by atoms with Crippen molar-refractivity contribution in [3.8, 4) is 11.5 Å². The second-order valence-corrected chi connectivity index (χ2v) is 8.27. The summed E-state index contributed by atoms with van der Waals surface area (Å²) in [6.45, 7) is 5.80. The topological polar surface area (TPSA) is 70.8 Å². The molecular weight excluding hydrogens is 429 g/mol. The predicted octanol–water partition coefficient (Wildman–Crippen LogP) is 3.69. The zero-order valence-corrected chi connectivity index (χ0v) is 18.0. The monoisotopic (exact) mass is 455 g/mol. The number of benzene rings is 1. The molecular formula is C22H26F3N2O5+. The zero-order chi connectivity index (χ0) is 23.0. The summed E-state index contributed by atoms with van der Waals surface area (Å²) in [6.07, 6.45) is -2.73. The molecule has 1 aromatic carbocycles. The number of alkyl halides is 3. The molecule has 4 rings (SSSR count). The van der Waals surface area contributed by atoms with Gasteiger partial charge in [0, 0.05) is 18.9 Å². The van der Waals surface area contributed by atoms with E-state index in [2.05, 4.69) is 4.98 Å². The maximum Gasteiger partial charge on any atom is 0.416 e. The number of quaternary nitrogens is 1. The zero-order valence-electron chi connectivity index (χ0n) is 18.0. The first kappa shape index (κ1) is 22.9. The first-order valence-corrected chi connectivity index (χ1v) is 10.5. The highest BCUT2D eigenvalue weighted by molar-refractivity contribution is 5.54. The molecule has 2 aliphatic heterocycles. The number of ether oxygens (including phenoxy) is 3. The van der Waals surface area contributed by atoms with Crippen molar-refractivity contribution in [2.75, 3.05) is 32.9 Å². The Kier molecular flexibility index (Phi) is 6.15. The Labute approximate surface area is 183 Å².